The molecule has 0 amide bonds. The Morgan fingerprint density at radius 3 is 2.71 bits per heavy atom. The monoisotopic (exact) mass is 280 g/mol. The zero-order chi connectivity index (χ0) is 14.8. The molecule has 0 aliphatic heterocycles. The third-order valence-corrected chi connectivity index (χ3v) is 3.08. The number of nitrogens with zero attached hydrogens (tertiary/aromatic N) is 4. The van der Waals surface area contributed by atoms with Crippen molar-refractivity contribution in [3.8, 4) is 17.3 Å². The molecule has 0 aromatic carbocycles. The molecule has 3 rings (SSSR count). The van der Waals surface area contributed by atoms with Crippen LogP contribution in [0.2, 0.25) is 0 Å². The van der Waals surface area contributed by atoms with Gasteiger partial charge in [0.25, 0.3) is 0 Å². The first-order chi connectivity index (χ1) is 10.2. The van der Waals surface area contributed by atoms with E-state index in [2.05, 4.69) is 15.1 Å². The number of hydrogen-bond acceptors (Lipinski definition) is 5. The van der Waals surface area contributed by atoms with E-state index in [9.17, 15) is 9.90 Å². The van der Waals surface area contributed by atoms with Crippen molar-refractivity contribution in [3.63, 3.8) is 0 Å². The lowest BCUT2D eigenvalue weighted by Crippen LogP contribution is -2.03. The van der Waals surface area contributed by atoms with Crippen molar-refractivity contribution in [2.75, 3.05) is 0 Å². The average molecular weight is 280 g/mol. The van der Waals surface area contributed by atoms with Gasteiger partial charge in [-0.1, -0.05) is 6.07 Å². The van der Waals surface area contributed by atoms with E-state index in [0.717, 1.165) is 0 Å². The minimum atomic E-state index is -0.339. The molecular formula is C15H12N4O2. The first-order valence-corrected chi connectivity index (χ1v) is 6.30. The Bertz CT molecular complexity index is 782. The molecule has 3 aromatic heterocycles. The van der Waals surface area contributed by atoms with E-state index in [-0.39, 0.29) is 17.2 Å². The van der Waals surface area contributed by atoms with Gasteiger partial charge in [0.05, 0.1) is 5.69 Å². The fourth-order valence-corrected chi connectivity index (χ4v) is 2.05. The summed E-state index contributed by atoms with van der Waals surface area (Å²) < 4.78 is 1.26. The van der Waals surface area contributed by atoms with Gasteiger partial charge < -0.3 is 5.11 Å². The largest absolute Gasteiger partial charge is 0.493 e. The lowest BCUT2D eigenvalue weighted by Gasteiger charge is -2.02. The average Bonchev–Trinajstić information content (AvgIpc) is 2.84. The second kappa shape index (κ2) is 5.16. The molecule has 0 radical (unpaired) electrons. The molecule has 3 aromatic rings. The van der Waals surface area contributed by atoms with Crippen LogP contribution in [-0.4, -0.2) is 30.6 Å². The minimum Gasteiger partial charge on any atom is -0.493 e. The van der Waals surface area contributed by atoms with Crippen molar-refractivity contribution in [1.29, 1.82) is 0 Å². The zero-order valence-electron chi connectivity index (χ0n) is 11.3. The normalized spacial score (nSPS) is 10.5. The standard InChI is InChI=1S/C15H12N4O2/c1-19-15(21)12(14(20)10-5-4-7-16-9-10)13(18-19)11-6-2-3-8-17-11/h2-9,21H,1H3. The lowest BCUT2D eigenvalue weighted by atomic mass is 10.0. The van der Waals surface area contributed by atoms with Gasteiger partial charge in [0.1, 0.15) is 11.3 Å². The summed E-state index contributed by atoms with van der Waals surface area (Å²) in [6, 6.07) is 8.62. The van der Waals surface area contributed by atoms with Crippen LogP contribution < -0.4 is 0 Å². The summed E-state index contributed by atoms with van der Waals surface area (Å²) in [5, 5.41) is 14.3. The number of aromatic hydroxyl groups is 1. The molecule has 0 fully saturated rings. The van der Waals surface area contributed by atoms with Gasteiger partial charge in [-0.3, -0.25) is 14.8 Å². The summed E-state index contributed by atoms with van der Waals surface area (Å²) in [5.41, 5.74) is 1.40. The molecule has 0 spiro atoms. The number of aryl methyl sites for hydroxylation is 1. The predicted octanol–water partition coefficient (Wildman–Crippen LogP) is 1.81. The zero-order valence-corrected chi connectivity index (χ0v) is 11.3. The van der Waals surface area contributed by atoms with Gasteiger partial charge in [-0.15, -0.1) is 0 Å². The maximum atomic E-state index is 12.6. The molecule has 0 aliphatic carbocycles. The highest BCUT2D eigenvalue weighted by Crippen LogP contribution is 2.29. The predicted molar refractivity (Wildman–Crippen MR) is 75.8 cm³/mol. The Labute approximate surface area is 120 Å². The number of aromatic nitrogens is 4. The van der Waals surface area contributed by atoms with Crippen LogP contribution in [0.5, 0.6) is 5.88 Å². The molecule has 0 saturated heterocycles. The first kappa shape index (κ1) is 13.0. The van der Waals surface area contributed by atoms with Crippen LogP contribution in [0, 0.1) is 0 Å². The molecule has 6 heteroatoms. The third kappa shape index (κ3) is 2.27. The number of hydrogen-bond donors (Lipinski definition) is 1. The van der Waals surface area contributed by atoms with Gasteiger partial charge in [0.15, 0.2) is 0 Å². The Kier molecular flexibility index (Phi) is 3.19. The second-order valence-corrected chi connectivity index (χ2v) is 4.46. The van der Waals surface area contributed by atoms with Gasteiger partial charge in [-0.2, -0.15) is 5.10 Å². The van der Waals surface area contributed by atoms with Crippen molar-refractivity contribution in [1.82, 2.24) is 19.7 Å². The van der Waals surface area contributed by atoms with Crippen LogP contribution in [0.15, 0.2) is 48.9 Å². The molecule has 6 nitrogen and oxygen atoms in total. The Balaban J connectivity index is 2.17. The molecule has 21 heavy (non-hydrogen) atoms. The lowest BCUT2D eigenvalue weighted by molar-refractivity contribution is 0.103. The molecule has 0 aliphatic rings. The van der Waals surface area contributed by atoms with E-state index in [1.165, 1.54) is 10.9 Å². The highest BCUT2D eigenvalue weighted by molar-refractivity contribution is 6.13. The van der Waals surface area contributed by atoms with Crippen molar-refractivity contribution in [2.45, 2.75) is 0 Å². The van der Waals surface area contributed by atoms with Crippen LogP contribution in [0.3, 0.4) is 0 Å². The SMILES string of the molecule is Cn1nc(-c2ccccn2)c(C(=O)c2cccnc2)c1O. The van der Waals surface area contributed by atoms with Crippen LogP contribution >= 0.6 is 0 Å². The second-order valence-electron chi connectivity index (χ2n) is 4.46. The summed E-state index contributed by atoms with van der Waals surface area (Å²) in [4.78, 5) is 20.7. The molecule has 3 heterocycles. The topological polar surface area (TPSA) is 80.9 Å². The van der Waals surface area contributed by atoms with Gasteiger partial charge in [-0.25, -0.2) is 4.68 Å². The van der Waals surface area contributed by atoms with Crippen LogP contribution in [0.4, 0.5) is 0 Å². The van der Waals surface area contributed by atoms with E-state index in [4.69, 9.17) is 0 Å². The molecule has 0 unspecified atom stereocenters. The number of ketones is 1. The Hall–Kier alpha value is -3.02. The quantitative estimate of drug-likeness (QED) is 0.740. The molecule has 0 saturated carbocycles. The third-order valence-electron chi connectivity index (χ3n) is 3.08. The van der Waals surface area contributed by atoms with Gasteiger partial charge in [-0.05, 0) is 24.3 Å². The van der Waals surface area contributed by atoms with Crippen LogP contribution in [-0.2, 0) is 7.05 Å². The Morgan fingerprint density at radius 2 is 2.05 bits per heavy atom. The molecule has 0 bridgehead atoms. The van der Waals surface area contributed by atoms with Crippen LogP contribution in [0.25, 0.3) is 11.4 Å². The van der Waals surface area contributed by atoms with Crippen molar-refractivity contribution in [3.05, 3.63) is 60.0 Å². The fourth-order valence-electron chi connectivity index (χ4n) is 2.05. The van der Waals surface area contributed by atoms with E-state index >= 15 is 0 Å². The summed E-state index contributed by atoms with van der Waals surface area (Å²) in [7, 11) is 1.57. The minimum absolute atomic E-state index is 0.129. The number of carbonyl (C=O) groups is 1. The molecule has 1 N–H and O–H groups in total. The molecule has 0 atom stereocenters. The summed E-state index contributed by atoms with van der Waals surface area (Å²) in [5.74, 6) is -0.529. The molecular weight excluding hydrogens is 268 g/mol. The number of pyridine rings is 2. The Morgan fingerprint density at radius 1 is 1.19 bits per heavy atom. The van der Waals surface area contributed by atoms with Gasteiger partial charge in [0, 0.05) is 31.2 Å². The fraction of sp³-hybridized carbons (Fsp3) is 0.0667. The van der Waals surface area contributed by atoms with Gasteiger partial charge >= 0.3 is 0 Å². The number of carbonyl (C=O) groups excluding carboxylic acids is 1. The van der Waals surface area contributed by atoms with Gasteiger partial charge in [0.2, 0.25) is 11.7 Å². The maximum Gasteiger partial charge on any atom is 0.221 e. The summed E-state index contributed by atoms with van der Waals surface area (Å²) in [6.45, 7) is 0. The summed E-state index contributed by atoms with van der Waals surface area (Å²) in [6.07, 6.45) is 4.65. The van der Waals surface area contributed by atoms with Crippen LogP contribution in [0.1, 0.15) is 15.9 Å². The van der Waals surface area contributed by atoms with Crippen molar-refractivity contribution in [2.24, 2.45) is 7.05 Å². The highest BCUT2D eigenvalue weighted by atomic mass is 16.3. The van der Waals surface area contributed by atoms with E-state index < -0.39 is 0 Å². The van der Waals surface area contributed by atoms with E-state index in [0.29, 0.717) is 17.0 Å². The van der Waals surface area contributed by atoms with Crippen molar-refractivity contribution < 1.29 is 9.90 Å². The van der Waals surface area contributed by atoms with Crippen molar-refractivity contribution >= 4 is 5.78 Å². The molecule has 104 valence electrons. The maximum absolute atomic E-state index is 12.6. The highest BCUT2D eigenvalue weighted by Gasteiger charge is 2.25. The smallest absolute Gasteiger partial charge is 0.221 e. The first-order valence-electron chi connectivity index (χ1n) is 6.30. The van der Waals surface area contributed by atoms with E-state index in [1.807, 2.05) is 0 Å². The summed E-state index contributed by atoms with van der Waals surface area (Å²) >= 11 is 0. The number of rotatable bonds is 3. The van der Waals surface area contributed by atoms with E-state index in [1.54, 1.807) is 49.8 Å².